The van der Waals surface area contributed by atoms with Gasteiger partial charge in [-0.05, 0) is 99.0 Å². The van der Waals surface area contributed by atoms with E-state index in [1.54, 1.807) is 0 Å². The summed E-state index contributed by atoms with van der Waals surface area (Å²) in [5, 5.41) is 22.5. The predicted octanol–water partition coefficient (Wildman–Crippen LogP) is 7.31. The van der Waals surface area contributed by atoms with Gasteiger partial charge in [0, 0.05) is 17.0 Å². The van der Waals surface area contributed by atoms with E-state index in [4.69, 9.17) is 4.74 Å². The number of hydrogen-bond donors (Lipinski definition) is 2. The van der Waals surface area contributed by atoms with Gasteiger partial charge in [0.15, 0.2) is 0 Å². The first-order chi connectivity index (χ1) is 15.2. The summed E-state index contributed by atoms with van der Waals surface area (Å²) >= 11 is 0. The molecule has 32 heavy (non-hydrogen) atoms. The monoisotopic (exact) mass is 432 g/mol. The van der Waals surface area contributed by atoms with Crippen LogP contribution in [0, 0.1) is 41.5 Å². The Morgan fingerprint density at radius 3 is 1.62 bits per heavy atom. The first-order valence-corrected chi connectivity index (χ1v) is 11.5. The topological polar surface area (TPSA) is 49.7 Å². The molecule has 3 rings (SSSR count). The fourth-order valence-corrected chi connectivity index (χ4v) is 4.47. The molecule has 0 saturated carbocycles. The maximum atomic E-state index is 11.2. The van der Waals surface area contributed by atoms with Gasteiger partial charge >= 0.3 is 0 Å². The van der Waals surface area contributed by atoms with Gasteiger partial charge in [-0.15, -0.1) is 0 Å². The summed E-state index contributed by atoms with van der Waals surface area (Å²) in [7, 11) is 0. The molecule has 0 heterocycles. The highest BCUT2D eigenvalue weighted by Gasteiger charge is 2.28. The highest BCUT2D eigenvalue weighted by atomic mass is 16.5. The molecule has 0 aromatic heterocycles. The number of phenols is 2. The molecule has 0 unspecified atom stereocenters. The van der Waals surface area contributed by atoms with Crippen molar-refractivity contribution in [2.75, 3.05) is 6.61 Å². The van der Waals surface area contributed by atoms with Crippen LogP contribution in [-0.2, 0) is 0 Å². The Hall–Kier alpha value is -2.94. The molecule has 0 bridgehead atoms. The van der Waals surface area contributed by atoms with E-state index < -0.39 is 0 Å². The van der Waals surface area contributed by atoms with Gasteiger partial charge in [0.2, 0.25) is 0 Å². The minimum atomic E-state index is -0.293. The van der Waals surface area contributed by atoms with E-state index in [0.29, 0.717) is 18.1 Å². The largest absolute Gasteiger partial charge is 0.507 e. The Balaban J connectivity index is 2.24. The lowest BCUT2D eigenvalue weighted by atomic mass is 9.78. The summed E-state index contributed by atoms with van der Waals surface area (Å²) in [6.07, 6.45) is 2.12. The summed E-state index contributed by atoms with van der Waals surface area (Å²) in [4.78, 5) is 0. The molecule has 3 nitrogen and oxygen atoms in total. The summed E-state index contributed by atoms with van der Waals surface area (Å²) in [6, 6.07) is 12.3. The summed E-state index contributed by atoms with van der Waals surface area (Å²) < 4.78 is 5.86. The van der Waals surface area contributed by atoms with E-state index in [9.17, 15) is 10.2 Å². The van der Waals surface area contributed by atoms with Crippen molar-refractivity contribution >= 4 is 0 Å². The molecule has 0 saturated heterocycles. The van der Waals surface area contributed by atoms with Crippen LogP contribution in [0.2, 0.25) is 0 Å². The van der Waals surface area contributed by atoms with Gasteiger partial charge in [-0.3, -0.25) is 0 Å². The Kier molecular flexibility index (Phi) is 7.18. The summed E-state index contributed by atoms with van der Waals surface area (Å²) in [5.74, 6) is 1.14. The third-order valence-electron chi connectivity index (χ3n) is 6.68. The lowest BCUT2D eigenvalue weighted by Crippen LogP contribution is -2.10. The smallest absolute Gasteiger partial charge is 0.123 e. The second kappa shape index (κ2) is 9.68. The predicted molar refractivity (Wildman–Crippen MR) is 132 cm³/mol. The summed E-state index contributed by atoms with van der Waals surface area (Å²) in [6.45, 7) is 14.8. The zero-order chi connectivity index (χ0) is 23.6. The second-order valence-electron chi connectivity index (χ2n) is 9.00. The molecule has 0 aliphatic carbocycles. The summed E-state index contributed by atoms with van der Waals surface area (Å²) in [5.41, 5.74) is 8.57. The van der Waals surface area contributed by atoms with Crippen LogP contribution in [0.1, 0.15) is 75.8 Å². The van der Waals surface area contributed by atoms with E-state index in [1.165, 1.54) is 0 Å². The van der Waals surface area contributed by atoms with Gasteiger partial charge in [0.05, 0.1) is 6.61 Å². The van der Waals surface area contributed by atoms with Crippen LogP contribution in [0.15, 0.2) is 36.4 Å². The van der Waals surface area contributed by atoms with E-state index in [0.717, 1.165) is 68.7 Å². The van der Waals surface area contributed by atoms with Crippen molar-refractivity contribution in [2.24, 2.45) is 0 Å². The van der Waals surface area contributed by atoms with E-state index in [-0.39, 0.29) is 5.92 Å². The fourth-order valence-electron chi connectivity index (χ4n) is 4.47. The molecule has 3 aromatic rings. The molecule has 170 valence electrons. The number of aryl methyl sites for hydroxylation is 4. The number of aromatic hydroxyl groups is 2. The number of rotatable bonds is 7. The van der Waals surface area contributed by atoms with Crippen LogP contribution in [0.4, 0.5) is 0 Å². The molecule has 0 atom stereocenters. The van der Waals surface area contributed by atoms with Gasteiger partial charge in [-0.1, -0.05) is 37.6 Å². The molecule has 0 spiro atoms. The van der Waals surface area contributed by atoms with Crippen molar-refractivity contribution in [2.45, 2.75) is 67.2 Å². The molecular formula is C29H36O3. The maximum absolute atomic E-state index is 11.2. The fraction of sp³-hybridized carbons (Fsp3) is 0.379. The van der Waals surface area contributed by atoms with Crippen LogP contribution in [-0.4, -0.2) is 16.8 Å². The number of ether oxygens (including phenoxy) is 1. The van der Waals surface area contributed by atoms with Crippen molar-refractivity contribution in [3.8, 4) is 17.2 Å². The molecule has 3 aromatic carbocycles. The van der Waals surface area contributed by atoms with Gasteiger partial charge in [-0.2, -0.15) is 0 Å². The van der Waals surface area contributed by atoms with Crippen LogP contribution >= 0.6 is 0 Å². The lowest BCUT2D eigenvalue weighted by Gasteiger charge is -2.27. The Morgan fingerprint density at radius 1 is 0.719 bits per heavy atom. The lowest BCUT2D eigenvalue weighted by molar-refractivity contribution is 0.309. The Labute approximate surface area is 192 Å². The second-order valence-corrected chi connectivity index (χ2v) is 9.00. The average molecular weight is 433 g/mol. The average Bonchev–Trinajstić information content (AvgIpc) is 2.76. The van der Waals surface area contributed by atoms with Crippen molar-refractivity contribution in [1.29, 1.82) is 0 Å². The molecule has 0 aliphatic rings. The zero-order valence-corrected chi connectivity index (χ0v) is 20.5. The molecule has 0 amide bonds. The zero-order valence-electron chi connectivity index (χ0n) is 20.5. The standard InChI is InChI=1S/C29H36O3/c1-8-9-14-32-24-12-10-23(11-13-24)27(25-19(4)15-17(2)21(6)28(25)30)26-20(5)16-18(3)22(7)29(26)31/h10-13,15-16,27,30-31H,8-9,14H2,1-7H3. The molecule has 0 aliphatic heterocycles. The van der Waals surface area contributed by atoms with Gasteiger partial charge in [-0.25, -0.2) is 0 Å². The number of phenolic OH excluding ortho intramolecular Hbond substituents is 2. The van der Waals surface area contributed by atoms with Crippen molar-refractivity contribution in [1.82, 2.24) is 0 Å². The molecule has 2 N–H and O–H groups in total. The first-order valence-electron chi connectivity index (χ1n) is 11.5. The molecule has 0 fully saturated rings. The Bertz CT molecular complexity index is 1050. The van der Waals surface area contributed by atoms with Crippen molar-refractivity contribution in [3.63, 3.8) is 0 Å². The van der Waals surface area contributed by atoms with E-state index in [1.807, 2.05) is 65.8 Å². The van der Waals surface area contributed by atoms with Crippen LogP contribution in [0.25, 0.3) is 0 Å². The van der Waals surface area contributed by atoms with Crippen LogP contribution in [0.5, 0.6) is 17.2 Å². The van der Waals surface area contributed by atoms with Crippen molar-refractivity contribution in [3.05, 3.63) is 86.5 Å². The SMILES string of the molecule is CCCCOc1ccc(C(c2c(C)cc(C)c(C)c2O)c2c(C)cc(C)c(C)c2O)cc1. The number of benzene rings is 3. The Morgan fingerprint density at radius 2 is 1.19 bits per heavy atom. The highest BCUT2D eigenvalue weighted by Crippen LogP contribution is 2.46. The van der Waals surface area contributed by atoms with Crippen molar-refractivity contribution < 1.29 is 14.9 Å². The molecular weight excluding hydrogens is 396 g/mol. The van der Waals surface area contributed by atoms with Gasteiger partial charge in [0.1, 0.15) is 17.2 Å². The van der Waals surface area contributed by atoms with E-state index >= 15 is 0 Å². The quantitative estimate of drug-likeness (QED) is 0.304. The van der Waals surface area contributed by atoms with Crippen LogP contribution < -0.4 is 4.74 Å². The van der Waals surface area contributed by atoms with E-state index in [2.05, 4.69) is 19.1 Å². The first kappa shape index (κ1) is 23.7. The highest BCUT2D eigenvalue weighted by molar-refractivity contribution is 5.62. The number of hydrogen-bond acceptors (Lipinski definition) is 3. The number of unbranched alkanes of at least 4 members (excludes halogenated alkanes) is 1. The minimum absolute atomic E-state index is 0.293. The van der Waals surface area contributed by atoms with Gasteiger partial charge in [0.25, 0.3) is 0 Å². The third kappa shape index (κ3) is 4.48. The molecule has 0 radical (unpaired) electrons. The van der Waals surface area contributed by atoms with Crippen LogP contribution in [0.3, 0.4) is 0 Å². The normalized spacial score (nSPS) is 11.2. The van der Waals surface area contributed by atoms with Gasteiger partial charge < -0.3 is 14.9 Å². The third-order valence-corrected chi connectivity index (χ3v) is 6.68. The minimum Gasteiger partial charge on any atom is -0.507 e. The molecule has 3 heteroatoms. The maximum Gasteiger partial charge on any atom is 0.123 e.